The summed E-state index contributed by atoms with van der Waals surface area (Å²) in [5, 5.41) is 7.36. The Kier molecular flexibility index (Phi) is 4.60. The molecule has 5 rings (SSSR count). The molecule has 0 spiro atoms. The minimum absolute atomic E-state index is 0.139. The number of aryl methyl sites for hydroxylation is 1. The minimum atomic E-state index is -3.43. The van der Waals surface area contributed by atoms with Crippen LogP contribution in [0.2, 0.25) is 0 Å². The Labute approximate surface area is 175 Å². The van der Waals surface area contributed by atoms with Gasteiger partial charge < -0.3 is 15.8 Å². The first-order chi connectivity index (χ1) is 14.4. The number of ether oxygens (including phenoxy) is 1. The maximum absolute atomic E-state index is 13.4. The lowest BCUT2D eigenvalue weighted by Crippen LogP contribution is -2.49. The zero-order valence-corrected chi connectivity index (χ0v) is 17.6. The number of nitrogens with two attached hydrogens (primary N) is 1. The number of rotatable bonds is 3. The molecule has 0 unspecified atom stereocenters. The molecule has 3 aliphatic heterocycles. The van der Waals surface area contributed by atoms with E-state index in [1.54, 1.807) is 0 Å². The van der Waals surface area contributed by atoms with Crippen molar-refractivity contribution in [3.63, 3.8) is 0 Å². The SMILES string of the molecule is Cc1cccc2c1NCC[C@@H]2C(=O)n1nc2c(c1N)CCN(S(=O)(=O)C1COC1)C2. The number of nitrogens with one attached hydrogen (secondary N) is 1. The van der Waals surface area contributed by atoms with Crippen LogP contribution in [-0.2, 0) is 27.7 Å². The minimum Gasteiger partial charge on any atom is -0.385 e. The Bertz CT molecular complexity index is 1120. The first-order valence-electron chi connectivity index (χ1n) is 10.2. The van der Waals surface area contributed by atoms with Crippen LogP contribution in [0.3, 0.4) is 0 Å². The van der Waals surface area contributed by atoms with Crippen LogP contribution >= 0.6 is 0 Å². The van der Waals surface area contributed by atoms with E-state index in [0.717, 1.165) is 22.4 Å². The number of benzene rings is 1. The van der Waals surface area contributed by atoms with E-state index < -0.39 is 15.3 Å². The number of hydrogen-bond donors (Lipinski definition) is 2. The molecule has 4 heterocycles. The molecule has 9 nitrogen and oxygen atoms in total. The summed E-state index contributed by atoms with van der Waals surface area (Å²) in [6.45, 7) is 3.66. The van der Waals surface area contributed by atoms with Crippen molar-refractivity contribution in [3.8, 4) is 0 Å². The number of nitrogens with zero attached hydrogens (tertiary/aromatic N) is 3. The molecule has 1 aromatic carbocycles. The van der Waals surface area contributed by atoms with Crippen molar-refractivity contribution in [1.29, 1.82) is 0 Å². The van der Waals surface area contributed by atoms with Crippen molar-refractivity contribution in [1.82, 2.24) is 14.1 Å². The molecule has 0 aliphatic carbocycles. The van der Waals surface area contributed by atoms with E-state index >= 15 is 0 Å². The van der Waals surface area contributed by atoms with Gasteiger partial charge in [0.1, 0.15) is 11.1 Å². The molecule has 1 aromatic heterocycles. The molecular weight excluding hydrogens is 406 g/mol. The van der Waals surface area contributed by atoms with E-state index in [-0.39, 0.29) is 31.6 Å². The fourth-order valence-electron chi connectivity index (χ4n) is 4.50. The van der Waals surface area contributed by atoms with Crippen molar-refractivity contribution in [3.05, 3.63) is 40.6 Å². The van der Waals surface area contributed by atoms with E-state index in [1.807, 2.05) is 25.1 Å². The van der Waals surface area contributed by atoms with Gasteiger partial charge in [0.2, 0.25) is 10.0 Å². The third kappa shape index (κ3) is 2.93. The fourth-order valence-corrected chi connectivity index (χ4v) is 6.10. The summed E-state index contributed by atoms with van der Waals surface area (Å²) in [5.74, 6) is -0.180. The highest BCUT2D eigenvalue weighted by Crippen LogP contribution is 2.36. The molecule has 1 fully saturated rings. The largest absolute Gasteiger partial charge is 0.385 e. The van der Waals surface area contributed by atoms with Crippen molar-refractivity contribution >= 4 is 27.4 Å². The number of aromatic nitrogens is 2. The van der Waals surface area contributed by atoms with E-state index in [1.165, 1.54) is 8.99 Å². The molecule has 0 radical (unpaired) electrons. The Morgan fingerprint density at radius 2 is 2.13 bits per heavy atom. The second kappa shape index (κ2) is 7.07. The average molecular weight is 432 g/mol. The molecule has 3 aliphatic rings. The molecule has 1 saturated heterocycles. The molecule has 10 heteroatoms. The Morgan fingerprint density at radius 1 is 1.33 bits per heavy atom. The summed E-state index contributed by atoms with van der Waals surface area (Å²) < 4.78 is 33.2. The number of para-hydroxylation sites is 1. The van der Waals surface area contributed by atoms with E-state index in [2.05, 4.69) is 10.4 Å². The van der Waals surface area contributed by atoms with Crippen LogP contribution in [0.1, 0.15) is 39.5 Å². The molecule has 0 saturated carbocycles. The van der Waals surface area contributed by atoms with Gasteiger partial charge in [-0.3, -0.25) is 4.79 Å². The van der Waals surface area contributed by atoms with Gasteiger partial charge in [0.25, 0.3) is 5.91 Å². The van der Waals surface area contributed by atoms with Crippen LogP contribution in [-0.4, -0.2) is 60.0 Å². The number of nitrogen functional groups attached to an aromatic ring is 1. The number of fused-ring (bicyclic) bond motifs is 2. The molecule has 0 bridgehead atoms. The normalized spacial score (nSPS) is 22.0. The third-order valence-electron chi connectivity index (χ3n) is 6.35. The molecular formula is C20H25N5O4S. The Balaban J connectivity index is 1.44. The van der Waals surface area contributed by atoms with Gasteiger partial charge in [0.05, 0.1) is 31.4 Å². The summed E-state index contributed by atoms with van der Waals surface area (Å²) in [7, 11) is -3.43. The van der Waals surface area contributed by atoms with Gasteiger partial charge in [-0.05, 0) is 30.9 Å². The van der Waals surface area contributed by atoms with Crippen LogP contribution in [0.5, 0.6) is 0 Å². The lowest BCUT2D eigenvalue weighted by Gasteiger charge is -2.33. The van der Waals surface area contributed by atoms with Crippen LogP contribution in [0.25, 0.3) is 0 Å². The molecule has 3 N–H and O–H groups in total. The lowest BCUT2D eigenvalue weighted by atomic mass is 9.88. The average Bonchev–Trinajstić information content (AvgIpc) is 3.02. The molecule has 30 heavy (non-hydrogen) atoms. The predicted octanol–water partition coefficient (Wildman–Crippen LogP) is 1.10. The highest BCUT2D eigenvalue weighted by atomic mass is 32.2. The fraction of sp³-hybridized carbons (Fsp3) is 0.500. The summed E-state index contributed by atoms with van der Waals surface area (Å²) >= 11 is 0. The van der Waals surface area contributed by atoms with Crippen molar-refractivity contribution in [2.45, 2.75) is 37.5 Å². The zero-order valence-electron chi connectivity index (χ0n) is 16.8. The molecule has 160 valence electrons. The first kappa shape index (κ1) is 19.5. The second-order valence-corrected chi connectivity index (χ2v) is 10.4. The topological polar surface area (TPSA) is 120 Å². The summed E-state index contributed by atoms with van der Waals surface area (Å²) in [6, 6.07) is 5.93. The van der Waals surface area contributed by atoms with Gasteiger partial charge in [-0.15, -0.1) is 0 Å². The second-order valence-electron chi connectivity index (χ2n) is 8.16. The highest BCUT2D eigenvalue weighted by Gasteiger charge is 2.40. The van der Waals surface area contributed by atoms with Crippen LogP contribution in [0, 0.1) is 6.92 Å². The molecule has 1 atom stereocenters. The standard InChI is InChI=1S/C20H25N5O4S/c1-12-3-2-4-14-15(5-7-22-18(12)14)20(26)25-19(21)16-6-8-24(9-17(16)23-25)30(27,28)13-10-29-11-13/h2-4,13,15,22H,5-11,21H2,1H3/t15-/m0/s1. The predicted molar refractivity (Wildman–Crippen MR) is 112 cm³/mol. The number of carbonyl (C=O) groups excluding carboxylic acids is 1. The highest BCUT2D eigenvalue weighted by molar-refractivity contribution is 7.89. The maximum Gasteiger partial charge on any atom is 0.256 e. The van der Waals surface area contributed by atoms with Crippen LogP contribution in [0.15, 0.2) is 18.2 Å². The Morgan fingerprint density at radius 3 is 2.87 bits per heavy atom. The molecule has 0 amide bonds. The molecule has 2 aromatic rings. The van der Waals surface area contributed by atoms with Gasteiger partial charge in [-0.2, -0.15) is 14.1 Å². The monoisotopic (exact) mass is 431 g/mol. The zero-order chi connectivity index (χ0) is 21.0. The summed E-state index contributed by atoms with van der Waals surface area (Å²) in [4.78, 5) is 13.4. The van der Waals surface area contributed by atoms with Gasteiger partial charge in [-0.25, -0.2) is 8.42 Å². The number of anilines is 2. The number of sulfonamides is 1. The van der Waals surface area contributed by atoms with Gasteiger partial charge in [0.15, 0.2) is 0 Å². The van der Waals surface area contributed by atoms with Crippen molar-refractivity contribution in [2.24, 2.45) is 0 Å². The lowest BCUT2D eigenvalue weighted by molar-refractivity contribution is 0.0389. The van der Waals surface area contributed by atoms with Crippen molar-refractivity contribution in [2.75, 3.05) is 37.4 Å². The van der Waals surface area contributed by atoms with Gasteiger partial charge in [-0.1, -0.05) is 18.2 Å². The first-order valence-corrected chi connectivity index (χ1v) is 11.7. The van der Waals surface area contributed by atoms with Crippen molar-refractivity contribution < 1.29 is 17.9 Å². The van der Waals surface area contributed by atoms with Crippen LogP contribution in [0.4, 0.5) is 11.5 Å². The summed E-state index contributed by atoms with van der Waals surface area (Å²) in [5.41, 5.74) is 10.7. The van der Waals surface area contributed by atoms with Gasteiger partial charge in [0, 0.05) is 24.3 Å². The third-order valence-corrected chi connectivity index (χ3v) is 8.50. The Hall–Kier alpha value is -2.43. The van der Waals surface area contributed by atoms with E-state index in [4.69, 9.17) is 10.5 Å². The maximum atomic E-state index is 13.4. The van der Waals surface area contributed by atoms with Crippen LogP contribution < -0.4 is 11.1 Å². The number of hydrogen-bond acceptors (Lipinski definition) is 7. The van der Waals surface area contributed by atoms with E-state index in [0.29, 0.717) is 37.4 Å². The quantitative estimate of drug-likeness (QED) is 0.747. The summed E-state index contributed by atoms with van der Waals surface area (Å²) in [6.07, 6.45) is 1.10. The van der Waals surface area contributed by atoms with Gasteiger partial charge >= 0.3 is 0 Å². The smallest absolute Gasteiger partial charge is 0.256 e. The van der Waals surface area contributed by atoms with E-state index in [9.17, 15) is 13.2 Å². The number of carbonyl (C=O) groups is 1.